The van der Waals surface area contributed by atoms with Crippen LogP contribution < -0.4 is 0 Å². The molecule has 1 amide bonds. The van der Waals surface area contributed by atoms with Gasteiger partial charge in [0.1, 0.15) is 0 Å². The third-order valence-electron chi connectivity index (χ3n) is 11.1. The maximum atomic E-state index is 13.9. The predicted molar refractivity (Wildman–Crippen MR) is 180 cm³/mol. The second kappa shape index (κ2) is 12.6. The average Bonchev–Trinajstić information content (AvgIpc) is 3.33. The van der Waals surface area contributed by atoms with Crippen molar-refractivity contribution in [3.8, 4) is 16.9 Å². The number of carbonyl (C=O) groups is 1. The molecule has 5 nitrogen and oxygen atoms in total. The summed E-state index contributed by atoms with van der Waals surface area (Å²) in [6.07, 6.45) is 14.6. The average molecular weight is 654 g/mol. The number of rotatable bonds is 9. The van der Waals surface area contributed by atoms with Crippen LogP contribution in [0.4, 0.5) is 0 Å². The molecular formula is C36H43Cl3N4O. The van der Waals surface area contributed by atoms with Gasteiger partial charge < -0.3 is 4.90 Å². The van der Waals surface area contributed by atoms with E-state index in [2.05, 4.69) is 4.90 Å². The number of carbonyl (C=O) groups excluding carboxylic acids is 1. The number of hydrogen-bond donors (Lipinski definition) is 0. The molecule has 44 heavy (non-hydrogen) atoms. The summed E-state index contributed by atoms with van der Waals surface area (Å²) in [4.78, 5) is 18.4. The number of halogens is 3. The third kappa shape index (κ3) is 6.19. The number of nitrogens with zero attached hydrogens (tertiary/aromatic N) is 4. The third-order valence-corrected chi connectivity index (χ3v) is 11.9. The smallest absolute Gasteiger partial charge is 0.274 e. The highest BCUT2D eigenvalue weighted by Crippen LogP contribution is 2.61. The van der Waals surface area contributed by atoms with Crippen LogP contribution in [0.5, 0.6) is 0 Å². The fraction of sp³-hybridized carbons (Fsp3) is 0.556. The van der Waals surface area contributed by atoms with Crippen LogP contribution in [0, 0.1) is 30.1 Å². The monoisotopic (exact) mass is 652 g/mol. The minimum atomic E-state index is -0.0308. The molecule has 1 aromatic heterocycles. The van der Waals surface area contributed by atoms with Gasteiger partial charge in [-0.15, -0.1) is 0 Å². The number of piperazine rings is 1. The summed E-state index contributed by atoms with van der Waals surface area (Å²) in [5.74, 6) is 3.13. The quantitative estimate of drug-likeness (QED) is 0.216. The largest absolute Gasteiger partial charge is 0.335 e. The van der Waals surface area contributed by atoms with Gasteiger partial charge in [0.2, 0.25) is 0 Å². The fourth-order valence-corrected chi connectivity index (χ4v) is 10.0. The van der Waals surface area contributed by atoms with Gasteiger partial charge in [-0.25, -0.2) is 4.68 Å². The fourth-order valence-electron chi connectivity index (χ4n) is 9.41. The van der Waals surface area contributed by atoms with Crippen molar-refractivity contribution in [2.24, 2.45) is 23.2 Å². The van der Waals surface area contributed by atoms with Gasteiger partial charge in [-0.3, -0.25) is 9.69 Å². The zero-order valence-corrected chi connectivity index (χ0v) is 28.0. The number of hydrogen-bond acceptors (Lipinski definition) is 3. The molecular weight excluding hydrogens is 611 g/mol. The first-order valence-electron chi connectivity index (χ1n) is 16.6. The van der Waals surface area contributed by atoms with E-state index in [0.29, 0.717) is 31.9 Å². The van der Waals surface area contributed by atoms with Crippen molar-refractivity contribution in [3.05, 3.63) is 68.8 Å². The summed E-state index contributed by atoms with van der Waals surface area (Å²) in [5, 5.41) is 6.53. The van der Waals surface area contributed by atoms with Gasteiger partial charge >= 0.3 is 0 Å². The molecule has 5 aliphatic rings. The Labute approximate surface area is 276 Å². The van der Waals surface area contributed by atoms with E-state index < -0.39 is 0 Å². The molecule has 2 heterocycles. The Bertz CT molecular complexity index is 1470. The minimum absolute atomic E-state index is 0.0308. The van der Waals surface area contributed by atoms with E-state index in [9.17, 15) is 4.79 Å². The molecule has 5 fully saturated rings. The van der Waals surface area contributed by atoms with E-state index in [0.717, 1.165) is 67.3 Å². The Morgan fingerprint density at radius 1 is 0.841 bits per heavy atom. The van der Waals surface area contributed by atoms with Crippen molar-refractivity contribution in [3.63, 3.8) is 0 Å². The van der Waals surface area contributed by atoms with E-state index in [1.165, 1.54) is 64.2 Å². The number of unbranched alkanes of at least 4 members (excludes halogenated alkanes) is 2. The molecule has 4 aliphatic carbocycles. The molecule has 8 rings (SSSR count). The molecule has 0 spiro atoms. The minimum Gasteiger partial charge on any atom is -0.335 e. The zero-order chi connectivity index (χ0) is 30.4. The van der Waals surface area contributed by atoms with E-state index in [1.807, 2.05) is 42.2 Å². The van der Waals surface area contributed by atoms with Gasteiger partial charge in [0.15, 0.2) is 5.69 Å². The van der Waals surface area contributed by atoms with Crippen LogP contribution in [0.2, 0.25) is 15.1 Å². The van der Waals surface area contributed by atoms with Gasteiger partial charge in [0.05, 0.1) is 16.4 Å². The second-order valence-corrected chi connectivity index (χ2v) is 15.5. The molecule has 4 bridgehead atoms. The maximum absolute atomic E-state index is 13.9. The lowest BCUT2D eigenvalue weighted by atomic mass is 9.48. The zero-order valence-electron chi connectivity index (χ0n) is 25.7. The molecule has 0 N–H and O–H groups in total. The summed E-state index contributed by atoms with van der Waals surface area (Å²) < 4.78 is 1.77. The second-order valence-electron chi connectivity index (χ2n) is 14.2. The maximum Gasteiger partial charge on any atom is 0.274 e. The van der Waals surface area contributed by atoms with E-state index in [4.69, 9.17) is 39.9 Å². The van der Waals surface area contributed by atoms with Crippen LogP contribution in [-0.4, -0.2) is 58.2 Å². The molecule has 0 atom stereocenters. The molecule has 3 aromatic rings. The van der Waals surface area contributed by atoms with Crippen LogP contribution in [0.15, 0.2) is 42.5 Å². The van der Waals surface area contributed by atoms with Crippen LogP contribution in [-0.2, 0) is 0 Å². The number of amides is 1. The van der Waals surface area contributed by atoms with Crippen LogP contribution in [0.25, 0.3) is 16.9 Å². The van der Waals surface area contributed by atoms with Crippen molar-refractivity contribution in [2.75, 3.05) is 32.7 Å². The molecule has 8 heteroatoms. The first-order valence-corrected chi connectivity index (χ1v) is 17.7. The lowest BCUT2D eigenvalue weighted by Crippen LogP contribution is -2.49. The van der Waals surface area contributed by atoms with Crippen LogP contribution >= 0.6 is 34.8 Å². The normalized spacial score (nSPS) is 26.5. The molecule has 2 aromatic carbocycles. The molecule has 0 unspecified atom stereocenters. The van der Waals surface area contributed by atoms with Crippen LogP contribution in [0.3, 0.4) is 0 Å². The summed E-state index contributed by atoms with van der Waals surface area (Å²) in [5.41, 5.74) is 4.40. The van der Waals surface area contributed by atoms with Gasteiger partial charge in [-0.1, -0.05) is 59.8 Å². The number of benzene rings is 2. The summed E-state index contributed by atoms with van der Waals surface area (Å²) in [6.45, 7) is 6.35. The molecule has 0 radical (unpaired) electrons. The Morgan fingerprint density at radius 2 is 1.48 bits per heavy atom. The molecule has 1 aliphatic heterocycles. The first kappa shape index (κ1) is 30.6. The Balaban J connectivity index is 0.962. The Hall–Kier alpha value is -2.05. The lowest BCUT2D eigenvalue weighted by molar-refractivity contribution is -0.0584. The first-order chi connectivity index (χ1) is 21.3. The van der Waals surface area contributed by atoms with Crippen molar-refractivity contribution in [1.29, 1.82) is 0 Å². The SMILES string of the molecule is Cc1c(C(=O)N2CCN(CCCCCC34CC5CC(CC(C5)C3)C4)CC2)nn(-c2ccc(Cl)cc2Cl)c1-c1ccc(Cl)cc1. The summed E-state index contributed by atoms with van der Waals surface area (Å²) in [7, 11) is 0. The van der Waals surface area contributed by atoms with Crippen LogP contribution in [0.1, 0.15) is 80.3 Å². The van der Waals surface area contributed by atoms with Crippen molar-refractivity contribution in [1.82, 2.24) is 19.6 Å². The Morgan fingerprint density at radius 3 is 2.11 bits per heavy atom. The topological polar surface area (TPSA) is 41.4 Å². The summed E-state index contributed by atoms with van der Waals surface area (Å²) >= 11 is 19.0. The van der Waals surface area contributed by atoms with Crippen molar-refractivity contribution >= 4 is 40.7 Å². The van der Waals surface area contributed by atoms with Gasteiger partial charge in [0.25, 0.3) is 5.91 Å². The van der Waals surface area contributed by atoms with Crippen molar-refractivity contribution < 1.29 is 4.79 Å². The highest BCUT2D eigenvalue weighted by atomic mass is 35.5. The van der Waals surface area contributed by atoms with Crippen molar-refractivity contribution in [2.45, 2.75) is 71.1 Å². The Kier molecular flexibility index (Phi) is 8.78. The number of aromatic nitrogens is 2. The van der Waals surface area contributed by atoms with Gasteiger partial charge in [0, 0.05) is 47.4 Å². The predicted octanol–water partition coefficient (Wildman–Crippen LogP) is 9.34. The summed E-state index contributed by atoms with van der Waals surface area (Å²) in [6, 6.07) is 12.9. The highest BCUT2D eigenvalue weighted by molar-refractivity contribution is 6.35. The molecule has 234 valence electrons. The highest BCUT2D eigenvalue weighted by Gasteiger charge is 2.50. The van der Waals surface area contributed by atoms with Gasteiger partial charge in [-0.2, -0.15) is 5.10 Å². The molecule has 1 saturated heterocycles. The van der Waals surface area contributed by atoms with Gasteiger partial charge in [-0.05, 0) is 118 Å². The van der Waals surface area contributed by atoms with E-state index in [1.54, 1.807) is 16.8 Å². The van der Waals surface area contributed by atoms with E-state index in [-0.39, 0.29) is 5.91 Å². The molecule has 4 saturated carbocycles. The lowest BCUT2D eigenvalue weighted by Gasteiger charge is -2.57. The van der Waals surface area contributed by atoms with E-state index >= 15 is 0 Å². The standard InChI is InChI=1S/C36H43Cl3N4O/c1-24-33(40-43(32-10-9-30(38)20-31(32)39)34(24)28-5-7-29(37)8-6-28)35(44)42-15-13-41(14-16-42)12-4-2-3-11-36-21-25-17-26(22-36)19-27(18-25)23-36/h5-10,20,25-27H,2-4,11-19,21-23H2,1H3.